The topological polar surface area (TPSA) is 39.7 Å². The van der Waals surface area contributed by atoms with Crippen LogP contribution in [0.3, 0.4) is 0 Å². The highest BCUT2D eigenvalue weighted by molar-refractivity contribution is 14.0. The largest absolute Gasteiger partial charge is 0.356 e. The Bertz CT molecular complexity index is 480. The molecule has 1 atom stereocenters. The lowest BCUT2D eigenvalue weighted by atomic mass is 10.0. The average Bonchev–Trinajstić information content (AvgIpc) is 2.94. The summed E-state index contributed by atoms with van der Waals surface area (Å²) in [6.07, 6.45) is 5.27. The molecule has 1 aromatic rings. The maximum Gasteiger partial charge on any atom is 0.191 e. The zero-order valence-electron chi connectivity index (χ0n) is 14.0. The molecule has 132 valence electrons. The number of nitrogens with zero attached hydrogens (tertiary/aromatic N) is 2. The molecule has 0 radical (unpaired) electrons. The summed E-state index contributed by atoms with van der Waals surface area (Å²) < 4.78 is 1.17. The first-order chi connectivity index (χ1) is 10.7. The fourth-order valence-corrected chi connectivity index (χ4v) is 4.24. The molecule has 2 rings (SSSR count). The molecule has 0 spiro atoms. The highest BCUT2D eigenvalue weighted by Gasteiger charge is 2.17. The van der Waals surface area contributed by atoms with E-state index < -0.39 is 0 Å². The van der Waals surface area contributed by atoms with Gasteiger partial charge in [-0.15, -0.1) is 35.3 Å². The molecule has 1 aromatic heterocycles. The van der Waals surface area contributed by atoms with E-state index in [9.17, 15) is 0 Å². The number of piperidine rings is 1. The van der Waals surface area contributed by atoms with E-state index in [0.717, 1.165) is 31.5 Å². The Hall–Kier alpha value is 0.140. The number of likely N-dealkylation sites (tertiary alicyclic amines) is 1. The number of hydrogen-bond acceptors (Lipinski definition) is 3. The van der Waals surface area contributed by atoms with Gasteiger partial charge in [0.1, 0.15) is 0 Å². The third-order valence-electron chi connectivity index (χ3n) is 4.14. The van der Waals surface area contributed by atoms with Gasteiger partial charge in [0.25, 0.3) is 0 Å². The van der Waals surface area contributed by atoms with Crippen molar-refractivity contribution in [2.24, 2.45) is 4.99 Å². The first kappa shape index (κ1) is 21.2. The fraction of sp³-hybridized carbons (Fsp3) is 0.688. The summed E-state index contributed by atoms with van der Waals surface area (Å²) in [5, 5.41) is 6.77. The summed E-state index contributed by atoms with van der Waals surface area (Å²) in [6, 6.07) is 4.97. The summed E-state index contributed by atoms with van der Waals surface area (Å²) in [7, 11) is 1.83. The lowest BCUT2D eigenvalue weighted by Gasteiger charge is -2.33. The molecule has 4 nitrogen and oxygen atoms in total. The van der Waals surface area contributed by atoms with E-state index in [0.29, 0.717) is 0 Å². The van der Waals surface area contributed by atoms with Crippen LogP contribution in [0.1, 0.15) is 37.5 Å². The number of halogens is 2. The minimum atomic E-state index is 0. The Labute approximate surface area is 169 Å². The van der Waals surface area contributed by atoms with E-state index in [4.69, 9.17) is 0 Å². The number of thiophene rings is 1. The fourth-order valence-electron chi connectivity index (χ4n) is 2.82. The van der Waals surface area contributed by atoms with Gasteiger partial charge in [0.05, 0.1) is 10.3 Å². The van der Waals surface area contributed by atoms with Crippen molar-refractivity contribution in [1.29, 1.82) is 0 Å². The molecular formula is C16H28BrIN4S. The Morgan fingerprint density at radius 3 is 2.87 bits per heavy atom. The van der Waals surface area contributed by atoms with Crippen molar-refractivity contribution in [1.82, 2.24) is 15.5 Å². The Morgan fingerprint density at radius 2 is 2.22 bits per heavy atom. The maximum absolute atomic E-state index is 4.28. The van der Waals surface area contributed by atoms with Crippen molar-refractivity contribution in [2.45, 2.75) is 45.2 Å². The first-order valence-electron chi connectivity index (χ1n) is 8.12. The summed E-state index contributed by atoms with van der Waals surface area (Å²) in [6.45, 7) is 6.59. The summed E-state index contributed by atoms with van der Waals surface area (Å²) in [5.74, 6) is 0.885. The molecule has 1 aliphatic heterocycles. The quantitative estimate of drug-likeness (QED) is 0.260. The van der Waals surface area contributed by atoms with Crippen LogP contribution >= 0.6 is 51.2 Å². The Balaban J connectivity index is 0.00000264. The van der Waals surface area contributed by atoms with Crippen LogP contribution in [0.15, 0.2) is 20.9 Å². The third-order valence-corrected chi connectivity index (χ3v) is 5.76. The van der Waals surface area contributed by atoms with Crippen LogP contribution in [0.25, 0.3) is 0 Å². The molecule has 2 heterocycles. The van der Waals surface area contributed by atoms with Gasteiger partial charge in [0, 0.05) is 31.1 Å². The predicted molar refractivity (Wildman–Crippen MR) is 115 cm³/mol. The smallest absolute Gasteiger partial charge is 0.191 e. The van der Waals surface area contributed by atoms with Crippen molar-refractivity contribution in [2.75, 3.05) is 26.7 Å². The highest BCUT2D eigenvalue weighted by Crippen LogP contribution is 2.21. The SMILES string of the molecule is CN=C(NCCCN1CCCCC1C)NCc1ccc(Br)s1.I. The molecule has 0 bridgehead atoms. The number of rotatable bonds is 6. The zero-order valence-corrected chi connectivity index (χ0v) is 18.7. The van der Waals surface area contributed by atoms with E-state index in [1.54, 1.807) is 11.3 Å². The number of guanidine groups is 1. The minimum Gasteiger partial charge on any atom is -0.356 e. The second-order valence-electron chi connectivity index (χ2n) is 5.79. The lowest BCUT2D eigenvalue weighted by Crippen LogP contribution is -2.41. The van der Waals surface area contributed by atoms with E-state index >= 15 is 0 Å². The molecule has 0 amide bonds. The van der Waals surface area contributed by atoms with Gasteiger partial charge in [-0.2, -0.15) is 0 Å². The molecule has 0 saturated carbocycles. The first-order valence-corrected chi connectivity index (χ1v) is 9.73. The van der Waals surface area contributed by atoms with Crippen molar-refractivity contribution >= 4 is 57.2 Å². The van der Waals surface area contributed by atoms with Crippen molar-refractivity contribution < 1.29 is 0 Å². The van der Waals surface area contributed by atoms with Gasteiger partial charge < -0.3 is 15.5 Å². The third kappa shape index (κ3) is 7.70. The summed E-state index contributed by atoms with van der Waals surface area (Å²) >= 11 is 5.24. The predicted octanol–water partition coefficient (Wildman–Crippen LogP) is 4.06. The van der Waals surface area contributed by atoms with Gasteiger partial charge >= 0.3 is 0 Å². The van der Waals surface area contributed by atoms with Crippen molar-refractivity contribution in [3.05, 3.63) is 20.8 Å². The Morgan fingerprint density at radius 1 is 1.39 bits per heavy atom. The monoisotopic (exact) mass is 514 g/mol. The van der Waals surface area contributed by atoms with Gasteiger partial charge in [-0.1, -0.05) is 6.42 Å². The molecule has 23 heavy (non-hydrogen) atoms. The van der Waals surface area contributed by atoms with Gasteiger partial charge in [0.15, 0.2) is 5.96 Å². The molecular weight excluding hydrogens is 487 g/mol. The van der Waals surface area contributed by atoms with Gasteiger partial charge in [-0.3, -0.25) is 4.99 Å². The second kappa shape index (κ2) is 11.7. The molecule has 1 saturated heterocycles. The Kier molecular flexibility index (Phi) is 10.7. The molecule has 0 aromatic carbocycles. The zero-order chi connectivity index (χ0) is 15.8. The minimum absolute atomic E-state index is 0. The van der Waals surface area contributed by atoms with Crippen molar-refractivity contribution in [3.8, 4) is 0 Å². The van der Waals surface area contributed by atoms with Crippen molar-refractivity contribution in [3.63, 3.8) is 0 Å². The molecule has 7 heteroatoms. The van der Waals surface area contributed by atoms with Crippen LogP contribution < -0.4 is 10.6 Å². The van der Waals surface area contributed by atoms with Gasteiger partial charge in [-0.25, -0.2) is 0 Å². The average molecular weight is 515 g/mol. The van der Waals surface area contributed by atoms with E-state index in [-0.39, 0.29) is 24.0 Å². The highest BCUT2D eigenvalue weighted by atomic mass is 127. The molecule has 1 aliphatic rings. The molecule has 2 N–H and O–H groups in total. The van der Waals surface area contributed by atoms with E-state index in [1.807, 2.05) is 7.05 Å². The van der Waals surface area contributed by atoms with Crippen LogP contribution in [-0.2, 0) is 6.54 Å². The van der Waals surface area contributed by atoms with E-state index in [1.165, 1.54) is 41.0 Å². The summed E-state index contributed by atoms with van der Waals surface area (Å²) in [5.41, 5.74) is 0. The number of aliphatic imine (C=N–C) groups is 1. The van der Waals surface area contributed by atoms with Gasteiger partial charge in [-0.05, 0) is 60.8 Å². The van der Waals surface area contributed by atoms with E-state index in [2.05, 4.69) is 55.5 Å². The van der Waals surface area contributed by atoms with Crippen LogP contribution in [0.2, 0.25) is 0 Å². The molecule has 1 fully saturated rings. The summed E-state index contributed by atoms with van der Waals surface area (Å²) in [4.78, 5) is 8.20. The lowest BCUT2D eigenvalue weighted by molar-refractivity contribution is 0.159. The van der Waals surface area contributed by atoms with Gasteiger partial charge in [0.2, 0.25) is 0 Å². The maximum atomic E-state index is 4.28. The second-order valence-corrected chi connectivity index (χ2v) is 8.34. The van der Waals surface area contributed by atoms with Crippen LogP contribution in [0.5, 0.6) is 0 Å². The standard InChI is InChI=1S/C16H27BrN4S.HI/c1-13-6-3-4-10-21(13)11-5-9-19-16(18-2)20-12-14-7-8-15(17)22-14;/h7-8,13H,3-6,9-12H2,1-2H3,(H2,18,19,20);1H. The number of nitrogens with one attached hydrogen (secondary N) is 2. The normalized spacial score (nSPS) is 19.3. The van der Waals surface area contributed by atoms with Crippen LogP contribution in [-0.4, -0.2) is 43.6 Å². The van der Waals surface area contributed by atoms with Crippen LogP contribution in [0.4, 0.5) is 0 Å². The van der Waals surface area contributed by atoms with Crippen LogP contribution in [0, 0.1) is 0 Å². The molecule has 0 aliphatic carbocycles. The molecule has 1 unspecified atom stereocenters. The number of hydrogen-bond donors (Lipinski definition) is 2.